The van der Waals surface area contributed by atoms with E-state index >= 15 is 0 Å². The normalized spacial score (nSPS) is 29.6. The first-order valence-electron chi connectivity index (χ1n) is 5.29. The van der Waals surface area contributed by atoms with Crippen molar-refractivity contribution in [3.8, 4) is 6.07 Å². The van der Waals surface area contributed by atoms with Crippen molar-refractivity contribution < 1.29 is 24.0 Å². The quantitative estimate of drug-likeness (QED) is 0.472. The molecule has 0 N–H and O–H groups in total. The van der Waals surface area contributed by atoms with E-state index in [1.807, 2.05) is 12.1 Å². The van der Waals surface area contributed by atoms with Crippen LogP contribution >= 0.6 is 0 Å². The maximum Gasteiger partial charge on any atom is 1.00 e. The van der Waals surface area contributed by atoms with Crippen LogP contribution in [0.15, 0.2) is 11.8 Å². The molecule has 1 atom stereocenters. The number of rotatable bonds is 2. The molecule has 1 aliphatic carbocycles. The zero-order valence-corrected chi connectivity index (χ0v) is 9.33. The van der Waals surface area contributed by atoms with Crippen molar-refractivity contribution in [3.63, 3.8) is 0 Å². The summed E-state index contributed by atoms with van der Waals surface area (Å²) in [5.41, 5.74) is -0.199. The van der Waals surface area contributed by atoms with Gasteiger partial charge in [-0.1, -0.05) is 18.1 Å². The van der Waals surface area contributed by atoms with Crippen molar-refractivity contribution in [2.24, 2.45) is 0 Å². The molecule has 0 aromatic rings. The number of hydrogen-bond donors (Lipinski definition) is 0. The average molecular weight is 198 g/mol. The van der Waals surface area contributed by atoms with E-state index < -0.39 is 5.60 Å². The summed E-state index contributed by atoms with van der Waals surface area (Å²) in [5, 5.41) is 20.9. The molecule has 1 fully saturated rings. The fraction of sp³-hybridized carbons (Fsp3) is 0.727. The predicted octanol–water partition coefficient (Wildman–Crippen LogP) is -2.22. The molecule has 1 aliphatic heterocycles. The molecule has 1 unspecified atom stereocenters. The topological polar surface area (TPSA) is 50.1 Å². The Morgan fingerprint density at radius 3 is 2.73 bits per heavy atom. The zero-order chi connectivity index (χ0) is 10.0. The maximum atomic E-state index is 12.3. The van der Waals surface area contributed by atoms with Gasteiger partial charge in [-0.05, 0) is 25.0 Å². The third-order valence-corrected chi connectivity index (χ3v) is 3.16. The summed E-state index contributed by atoms with van der Waals surface area (Å²) < 4.78 is 0. The van der Waals surface area contributed by atoms with Crippen molar-refractivity contribution in [2.45, 2.75) is 37.7 Å². The molecule has 1 saturated heterocycles. The van der Waals surface area contributed by atoms with Crippen molar-refractivity contribution in [3.05, 3.63) is 11.8 Å². The molecule has 0 bridgehead atoms. The van der Waals surface area contributed by atoms with E-state index in [2.05, 4.69) is 4.90 Å². The minimum Gasteiger partial charge on any atom is -0.844 e. The van der Waals surface area contributed by atoms with Crippen LogP contribution in [0.1, 0.15) is 32.1 Å². The van der Waals surface area contributed by atoms with Gasteiger partial charge in [0.15, 0.2) is 0 Å². The Morgan fingerprint density at radius 2 is 2.13 bits per heavy atom. The first kappa shape index (κ1) is 12.7. The van der Waals surface area contributed by atoms with Gasteiger partial charge < -0.3 is 10.0 Å². The smallest absolute Gasteiger partial charge is 0.844 e. The Labute approximate surface area is 103 Å². The third-order valence-electron chi connectivity index (χ3n) is 3.16. The monoisotopic (exact) mass is 198 g/mol. The zero-order valence-electron chi connectivity index (χ0n) is 9.33. The average Bonchev–Trinajstić information content (AvgIpc) is 2.73. The van der Waals surface area contributed by atoms with Crippen LogP contribution in [-0.4, -0.2) is 23.6 Å². The van der Waals surface area contributed by atoms with E-state index in [0.717, 1.165) is 25.2 Å². The molecule has 0 radical (unpaired) electrons. The molecular formula is C11H15LiN2O. The van der Waals surface area contributed by atoms with Gasteiger partial charge in [-0.3, -0.25) is 0 Å². The molecule has 2 rings (SSSR count). The van der Waals surface area contributed by atoms with E-state index in [1.54, 1.807) is 0 Å². The molecule has 15 heavy (non-hydrogen) atoms. The van der Waals surface area contributed by atoms with Gasteiger partial charge in [0.2, 0.25) is 0 Å². The van der Waals surface area contributed by atoms with Gasteiger partial charge in [0, 0.05) is 19.5 Å². The largest absolute Gasteiger partial charge is 1.00 e. The number of nitrogens with zero attached hydrogens (tertiary/aromatic N) is 2. The first-order chi connectivity index (χ1) is 6.76. The number of hydrogen-bond acceptors (Lipinski definition) is 3. The van der Waals surface area contributed by atoms with Crippen LogP contribution in [0.3, 0.4) is 0 Å². The minimum absolute atomic E-state index is 0. The Morgan fingerprint density at radius 1 is 1.47 bits per heavy atom. The molecule has 1 heterocycles. The van der Waals surface area contributed by atoms with E-state index in [4.69, 9.17) is 5.26 Å². The number of likely N-dealkylation sites (tertiary alicyclic amines) is 1. The molecule has 76 valence electrons. The summed E-state index contributed by atoms with van der Waals surface area (Å²) in [6.07, 6.45) is 5.97. The Hall–Kier alpha value is -0.413. The van der Waals surface area contributed by atoms with Gasteiger partial charge in [0.05, 0.1) is 6.07 Å². The van der Waals surface area contributed by atoms with Crippen molar-refractivity contribution in [1.29, 1.82) is 5.26 Å². The molecule has 4 heteroatoms. The second-order valence-corrected chi connectivity index (χ2v) is 4.15. The number of nitriles is 1. The van der Waals surface area contributed by atoms with Crippen LogP contribution in [0.5, 0.6) is 0 Å². The van der Waals surface area contributed by atoms with Gasteiger partial charge in [-0.25, -0.2) is 0 Å². The summed E-state index contributed by atoms with van der Waals surface area (Å²) in [4.78, 5) is 2.18. The standard InChI is InChI=1S/C11H15N2O.Li/c12-7-6-11(14)5-3-4-10(11)13-8-1-2-9-13;/h4H,1-3,5-6,8-9H2;/q-1;+1. The number of allylic oxidation sites excluding steroid dienone is 1. The fourth-order valence-corrected chi connectivity index (χ4v) is 2.44. The Bertz CT molecular complexity index is 291. The first-order valence-corrected chi connectivity index (χ1v) is 5.29. The van der Waals surface area contributed by atoms with Crippen LogP contribution in [0.25, 0.3) is 0 Å². The predicted molar refractivity (Wildman–Crippen MR) is 51.1 cm³/mol. The van der Waals surface area contributed by atoms with Crippen molar-refractivity contribution in [2.75, 3.05) is 13.1 Å². The van der Waals surface area contributed by atoms with Crippen LogP contribution in [0.4, 0.5) is 0 Å². The Kier molecular flexibility index (Phi) is 4.29. The van der Waals surface area contributed by atoms with Gasteiger partial charge in [0.25, 0.3) is 0 Å². The summed E-state index contributed by atoms with van der Waals surface area (Å²) >= 11 is 0. The molecule has 3 nitrogen and oxygen atoms in total. The van der Waals surface area contributed by atoms with Crippen LogP contribution < -0.4 is 24.0 Å². The van der Waals surface area contributed by atoms with Gasteiger partial charge in [-0.15, -0.1) is 0 Å². The molecule has 0 aromatic heterocycles. The second kappa shape index (κ2) is 5.08. The fourth-order valence-electron chi connectivity index (χ4n) is 2.44. The van der Waals surface area contributed by atoms with Crippen LogP contribution in [0, 0.1) is 11.3 Å². The van der Waals surface area contributed by atoms with Gasteiger partial charge in [-0.2, -0.15) is 5.26 Å². The molecule has 2 aliphatic rings. The van der Waals surface area contributed by atoms with Gasteiger partial charge >= 0.3 is 18.9 Å². The van der Waals surface area contributed by atoms with E-state index in [-0.39, 0.29) is 25.3 Å². The maximum absolute atomic E-state index is 12.3. The van der Waals surface area contributed by atoms with E-state index in [1.165, 1.54) is 12.8 Å². The van der Waals surface area contributed by atoms with Crippen LogP contribution in [0.2, 0.25) is 0 Å². The SMILES string of the molecule is N#CCC1([O-])CCC=C1N1CCCC1.[Li+]. The molecular weight excluding hydrogens is 183 g/mol. The summed E-state index contributed by atoms with van der Waals surface area (Å²) in [6.45, 7) is 2.00. The molecule has 0 amide bonds. The summed E-state index contributed by atoms with van der Waals surface area (Å²) in [5.74, 6) is 0. The summed E-state index contributed by atoms with van der Waals surface area (Å²) in [6, 6.07) is 2.02. The Balaban J connectivity index is 0.00000112. The molecule has 0 spiro atoms. The molecule has 0 aromatic carbocycles. The van der Waals surface area contributed by atoms with E-state index in [0.29, 0.717) is 6.42 Å². The van der Waals surface area contributed by atoms with Crippen molar-refractivity contribution >= 4 is 0 Å². The molecule has 0 saturated carbocycles. The van der Waals surface area contributed by atoms with Crippen molar-refractivity contribution in [1.82, 2.24) is 4.90 Å². The van der Waals surface area contributed by atoms with E-state index in [9.17, 15) is 5.11 Å². The van der Waals surface area contributed by atoms with Crippen LogP contribution in [-0.2, 0) is 0 Å². The second-order valence-electron chi connectivity index (χ2n) is 4.15. The minimum atomic E-state index is -1.10. The summed E-state index contributed by atoms with van der Waals surface area (Å²) in [7, 11) is 0. The third kappa shape index (κ3) is 2.40. The van der Waals surface area contributed by atoms with Gasteiger partial charge in [0.1, 0.15) is 0 Å².